The van der Waals surface area contributed by atoms with Crippen LogP contribution in [0.5, 0.6) is 5.75 Å². The third-order valence-corrected chi connectivity index (χ3v) is 3.06. The van der Waals surface area contributed by atoms with Gasteiger partial charge in [-0.2, -0.15) is 0 Å². The minimum Gasteiger partial charge on any atom is -0.496 e. The highest BCUT2D eigenvalue weighted by Gasteiger charge is 2.10. The van der Waals surface area contributed by atoms with Crippen molar-refractivity contribution in [2.75, 3.05) is 7.11 Å². The van der Waals surface area contributed by atoms with Crippen molar-refractivity contribution >= 4 is 11.6 Å². The molecule has 0 saturated heterocycles. The van der Waals surface area contributed by atoms with Crippen LogP contribution in [-0.4, -0.2) is 17.9 Å². The summed E-state index contributed by atoms with van der Waals surface area (Å²) in [5.41, 5.74) is 7.58. The van der Waals surface area contributed by atoms with Crippen LogP contribution in [0.25, 0.3) is 11.1 Å². The first-order valence-corrected chi connectivity index (χ1v) is 6.21. The first kappa shape index (κ1) is 14.5. The van der Waals surface area contributed by atoms with E-state index in [1.807, 2.05) is 6.07 Å². The monoisotopic (exact) mass is 286 g/mol. The van der Waals surface area contributed by atoms with Crippen molar-refractivity contribution < 1.29 is 14.5 Å². The Morgan fingerprint density at radius 3 is 2.33 bits per heavy atom. The third kappa shape index (κ3) is 3.36. The second-order valence-corrected chi connectivity index (χ2v) is 4.47. The van der Waals surface area contributed by atoms with Crippen LogP contribution in [0.15, 0.2) is 42.5 Å². The summed E-state index contributed by atoms with van der Waals surface area (Å²) in [6.07, 6.45) is 0.0734. The lowest BCUT2D eigenvalue weighted by atomic mass is 10.0. The minimum absolute atomic E-state index is 0.0321. The lowest BCUT2D eigenvalue weighted by Gasteiger charge is -2.10. The maximum Gasteiger partial charge on any atom is 0.269 e. The number of nitro benzene ring substituents is 1. The number of methoxy groups -OCH3 is 1. The number of nitrogens with two attached hydrogens (primary N) is 1. The molecule has 0 heterocycles. The van der Waals surface area contributed by atoms with Crippen molar-refractivity contribution in [1.29, 1.82) is 0 Å². The summed E-state index contributed by atoms with van der Waals surface area (Å²) < 4.78 is 5.19. The number of carbonyl (C=O) groups excluding carboxylic acids is 1. The molecule has 0 aliphatic rings. The molecular formula is C15H14N2O4. The first-order chi connectivity index (χ1) is 10.0. The fraction of sp³-hybridized carbons (Fsp3) is 0.133. The largest absolute Gasteiger partial charge is 0.496 e. The lowest BCUT2D eigenvalue weighted by molar-refractivity contribution is -0.384. The van der Waals surface area contributed by atoms with E-state index in [1.165, 1.54) is 19.2 Å². The maximum absolute atomic E-state index is 11.1. The zero-order valence-corrected chi connectivity index (χ0v) is 11.4. The Bertz CT molecular complexity index is 681. The van der Waals surface area contributed by atoms with Gasteiger partial charge in [-0.3, -0.25) is 14.9 Å². The summed E-state index contributed by atoms with van der Waals surface area (Å²) in [7, 11) is 1.52. The Hall–Kier alpha value is -2.89. The van der Waals surface area contributed by atoms with Gasteiger partial charge in [0.15, 0.2) is 0 Å². The molecule has 108 valence electrons. The summed E-state index contributed by atoms with van der Waals surface area (Å²) in [5, 5.41) is 10.6. The lowest BCUT2D eigenvalue weighted by Crippen LogP contribution is -2.14. The molecular weight excluding hydrogens is 272 g/mol. The number of non-ortho nitro benzene ring substituents is 1. The molecule has 2 N–H and O–H groups in total. The van der Waals surface area contributed by atoms with Gasteiger partial charge < -0.3 is 10.5 Å². The first-order valence-electron chi connectivity index (χ1n) is 6.21. The molecule has 1 amide bonds. The van der Waals surface area contributed by atoms with E-state index in [1.54, 1.807) is 24.3 Å². The van der Waals surface area contributed by atoms with Crippen molar-refractivity contribution in [3.63, 3.8) is 0 Å². The van der Waals surface area contributed by atoms with E-state index in [0.717, 1.165) is 11.1 Å². The molecule has 2 aromatic rings. The Kier molecular flexibility index (Phi) is 4.18. The van der Waals surface area contributed by atoms with Crippen molar-refractivity contribution in [2.45, 2.75) is 6.42 Å². The Morgan fingerprint density at radius 2 is 1.81 bits per heavy atom. The topological polar surface area (TPSA) is 95.5 Å². The predicted octanol–water partition coefficient (Wildman–Crippen LogP) is 2.30. The van der Waals surface area contributed by atoms with E-state index in [9.17, 15) is 14.9 Å². The molecule has 21 heavy (non-hydrogen) atoms. The van der Waals surface area contributed by atoms with E-state index in [0.29, 0.717) is 11.3 Å². The predicted molar refractivity (Wildman–Crippen MR) is 78.0 cm³/mol. The van der Waals surface area contributed by atoms with E-state index >= 15 is 0 Å². The summed E-state index contributed by atoms with van der Waals surface area (Å²) in [6, 6.07) is 11.6. The van der Waals surface area contributed by atoms with Crippen LogP contribution in [0, 0.1) is 10.1 Å². The zero-order valence-electron chi connectivity index (χ0n) is 11.4. The smallest absolute Gasteiger partial charge is 0.269 e. The summed E-state index contributed by atoms with van der Waals surface area (Å²) in [6.45, 7) is 0. The molecule has 0 aromatic heterocycles. The summed E-state index contributed by atoms with van der Waals surface area (Å²) in [4.78, 5) is 21.3. The molecule has 0 aliphatic heterocycles. The van der Waals surface area contributed by atoms with E-state index < -0.39 is 10.8 Å². The van der Waals surface area contributed by atoms with Crippen LogP contribution in [-0.2, 0) is 11.2 Å². The number of nitrogens with zero attached hydrogens (tertiary/aromatic N) is 1. The Morgan fingerprint density at radius 1 is 1.19 bits per heavy atom. The van der Waals surface area contributed by atoms with Gasteiger partial charge in [0.25, 0.3) is 5.69 Å². The fourth-order valence-corrected chi connectivity index (χ4v) is 2.06. The van der Waals surface area contributed by atoms with Crippen LogP contribution in [0.2, 0.25) is 0 Å². The van der Waals surface area contributed by atoms with Crippen LogP contribution in [0.4, 0.5) is 5.69 Å². The zero-order chi connectivity index (χ0) is 15.4. The van der Waals surface area contributed by atoms with Gasteiger partial charge in [0, 0.05) is 17.7 Å². The molecule has 0 saturated carbocycles. The molecule has 2 aromatic carbocycles. The number of hydrogen-bond donors (Lipinski definition) is 1. The van der Waals surface area contributed by atoms with Gasteiger partial charge in [-0.1, -0.05) is 6.07 Å². The SMILES string of the molecule is COc1ccc(-c2ccc([N+](=O)[O-])cc2)cc1CC(N)=O. The molecule has 0 fully saturated rings. The number of nitro groups is 1. The van der Waals surface area contributed by atoms with Gasteiger partial charge in [-0.15, -0.1) is 0 Å². The van der Waals surface area contributed by atoms with Crippen molar-refractivity contribution in [3.8, 4) is 16.9 Å². The molecule has 0 spiro atoms. The highest BCUT2D eigenvalue weighted by Crippen LogP contribution is 2.28. The van der Waals surface area contributed by atoms with Gasteiger partial charge >= 0.3 is 0 Å². The van der Waals surface area contributed by atoms with E-state index in [2.05, 4.69) is 0 Å². The fourth-order valence-electron chi connectivity index (χ4n) is 2.06. The standard InChI is InChI=1S/C15H14N2O4/c1-21-14-7-4-11(8-12(14)9-15(16)18)10-2-5-13(6-3-10)17(19)20/h2-8H,9H2,1H3,(H2,16,18). The van der Waals surface area contributed by atoms with E-state index in [4.69, 9.17) is 10.5 Å². The molecule has 6 nitrogen and oxygen atoms in total. The number of amides is 1. The number of primary amides is 1. The van der Waals surface area contributed by atoms with E-state index in [-0.39, 0.29) is 12.1 Å². The molecule has 6 heteroatoms. The third-order valence-electron chi connectivity index (χ3n) is 3.06. The average molecular weight is 286 g/mol. The van der Waals surface area contributed by atoms with Gasteiger partial charge in [0.2, 0.25) is 5.91 Å². The number of rotatable bonds is 5. The Balaban J connectivity index is 2.39. The van der Waals surface area contributed by atoms with Crippen LogP contribution >= 0.6 is 0 Å². The molecule has 2 rings (SSSR count). The highest BCUT2D eigenvalue weighted by atomic mass is 16.6. The van der Waals surface area contributed by atoms with Gasteiger partial charge in [-0.05, 0) is 35.4 Å². The van der Waals surface area contributed by atoms with Gasteiger partial charge in [0.1, 0.15) is 5.75 Å². The summed E-state index contributed by atoms with van der Waals surface area (Å²) >= 11 is 0. The van der Waals surface area contributed by atoms with Crippen molar-refractivity contribution in [3.05, 3.63) is 58.1 Å². The summed E-state index contributed by atoms with van der Waals surface area (Å²) in [5.74, 6) is 0.133. The second-order valence-electron chi connectivity index (χ2n) is 4.47. The minimum atomic E-state index is -0.450. The highest BCUT2D eigenvalue weighted by molar-refractivity contribution is 5.78. The average Bonchev–Trinajstić information content (AvgIpc) is 2.46. The van der Waals surface area contributed by atoms with Crippen LogP contribution < -0.4 is 10.5 Å². The molecule has 0 radical (unpaired) electrons. The van der Waals surface area contributed by atoms with Crippen molar-refractivity contribution in [2.24, 2.45) is 5.73 Å². The number of benzene rings is 2. The normalized spacial score (nSPS) is 10.1. The van der Waals surface area contributed by atoms with Gasteiger partial charge in [-0.25, -0.2) is 0 Å². The number of carbonyl (C=O) groups is 1. The molecule has 0 aliphatic carbocycles. The second kappa shape index (κ2) is 6.04. The quantitative estimate of drug-likeness (QED) is 0.673. The Labute approximate surface area is 121 Å². The number of ether oxygens (including phenoxy) is 1. The molecule has 0 atom stereocenters. The van der Waals surface area contributed by atoms with Crippen molar-refractivity contribution in [1.82, 2.24) is 0 Å². The van der Waals surface area contributed by atoms with Crippen LogP contribution in [0.3, 0.4) is 0 Å². The molecule has 0 bridgehead atoms. The van der Waals surface area contributed by atoms with Gasteiger partial charge in [0.05, 0.1) is 18.5 Å². The number of hydrogen-bond acceptors (Lipinski definition) is 4. The maximum atomic E-state index is 11.1. The van der Waals surface area contributed by atoms with Crippen LogP contribution in [0.1, 0.15) is 5.56 Å². The molecule has 0 unspecified atom stereocenters.